The maximum atomic E-state index is 14.0. The van der Waals surface area contributed by atoms with Gasteiger partial charge in [-0.1, -0.05) is 24.3 Å². The van der Waals surface area contributed by atoms with Crippen LogP contribution in [0.3, 0.4) is 0 Å². The first kappa shape index (κ1) is 23.5. The Morgan fingerprint density at radius 2 is 2.06 bits per heavy atom. The topological polar surface area (TPSA) is 98.6 Å². The standard InChI is InChI=1S/C20H23F3N4O3S/c1-31-7-6-15(19(30)26-17-9-24-14(8-25-17)16(29)11-28)27-10-12-4-2-3-5-13(12)18(27)20(21,22)23/h2-5,8-9,15-16,18,28-29H,6-7,10-11H2,1H3,(H,25,26,30)/t15?,16-,18+/m1/s1. The van der Waals surface area contributed by atoms with Crippen LogP contribution in [0.4, 0.5) is 19.0 Å². The number of amides is 1. The second-order valence-electron chi connectivity index (χ2n) is 7.13. The number of aliphatic hydroxyl groups excluding tert-OH is 2. The van der Waals surface area contributed by atoms with Gasteiger partial charge in [-0.2, -0.15) is 24.9 Å². The van der Waals surface area contributed by atoms with Gasteiger partial charge in [0.2, 0.25) is 5.91 Å². The number of hydrogen-bond acceptors (Lipinski definition) is 7. The number of carbonyl (C=O) groups excluding carboxylic acids is 1. The lowest BCUT2D eigenvalue weighted by Crippen LogP contribution is -2.47. The molecule has 0 radical (unpaired) electrons. The van der Waals surface area contributed by atoms with E-state index in [0.717, 1.165) is 0 Å². The molecule has 0 bridgehead atoms. The van der Waals surface area contributed by atoms with Crippen LogP contribution >= 0.6 is 11.8 Å². The summed E-state index contributed by atoms with van der Waals surface area (Å²) in [6, 6.07) is 3.45. The number of thioether (sulfide) groups is 1. The highest BCUT2D eigenvalue weighted by Gasteiger charge is 2.51. The Morgan fingerprint density at radius 3 is 2.68 bits per heavy atom. The van der Waals surface area contributed by atoms with Crippen molar-refractivity contribution in [3.05, 3.63) is 53.5 Å². The summed E-state index contributed by atoms with van der Waals surface area (Å²) in [5, 5.41) is 21.1. The first-order chi connectivity index (χ1) is 14.8. The molecular weight excluding hydrogens is 433 g/mol. The summed E-state index contributed by atoms with van der Waals surface area (Å²) in [6.45, 7) is -0.522. The van der Waals surface area contributed by atoms with Crippen molar-refractivity contribution in [2.45, 2.75) is 37.3 Å². The minimum atomic E-state index is -4.54. The summed E-state index contributed by atoms with van der Waals surface area (Å²) in [5.74, 6) is -0.0582. The molecule has 7 nitrogen and oxygen atoms in total. The minimum absolute atomic E-state index is 0.0140. The van der Waals surface area contributed by atoms with Crippen LogP contribution in [0.2, 0.25) is 0 Å². The first-order valence-electron chi connectivity index (χ1n) is 9.57. The van der Waals surface area contributed by atoms with Crippen molar-refractivity contribution in [1.82, 2.24) is 14.9 Å². The Kier molecular flexibility index (Phi) is 7.52. The fraction of sp³-hybridized carbons (Fsp3) is 0.450. The van der Waals surface area contributed by atoms with Gasteiger partial charge in [-0.15, -0.1) is 0 Å². The van der Waals surface area contributed by atoms with E-state index in [0.29, 0.717) is 11.3 Å². The third-order valence-corrected chi connectivity index (χ3v) is 5.72. The number of nitrogens with zero attached hydrogens (tertiary/aromatic N) is 3. The minimum Gasteiger partial charge on any atom is -0.393 e. The predicted octanol–water partition coefficient (Wildman–Crippen LogP) is 2.68. The van der Waals surface area contributed by atoms with Gasteiger partial charge in [0.15, 0.2) is 5.82 Å². The van der Waals surface area contributed by atoms with E-state index in [-0.39, 0.29) is 30.0 Å². The van der Waals surface area contributed by atoms with Crippen molar-refractivity contribution < 1.29 is 28.2 Å². The van der Waals surface area contributed by atoms with Gasteiger partial charge in [0.25, 0.3) is 0 Å². The van der Waals surface area contributed by atoms with Gasteiger partial charge in [0.1, 0.15) is 12.1 Å². The molecule has 11 heteroatoms. The van der Waals surface area contributed by atoms with Gasteiger partial charge in [0.05, 0.1) is 30.7 Å². The Labute approximate surface area is 181 Å². The van der Waals surface area contributed by atoms with E-state index in [2.05, 4.69) is 15.3 Å². The molecule has 0 aliphatic carbocycles. The molecule has 31 heavy (non-hydrogen) atoms. The van der Waals surface area contributed by atoms with Crippen LogP contribution in [0, 0.1) is 0 Å². The molecule has 1 aliphatic rings. The summed E-state index contributed by atoms with van der Waals surface area (Å²) in [5.41, 5.74) is 0.833. The van der Waals surface area contributed by atoms with E-state index in [9.17, 15) is 23.1 Å². The normalized spacial score (nSPS) is 18.5. The van der Waals surface area contributed by atoms with Crippen molar-refractivity contribution >= 4 is 23.5 Å². The van der Waals surface area contributed by atoms with Gasteiger partial charge < -0.3 is 15.5 Å². The molecule has 2 aromatic rings. The van der Waals surface area contributed by atoms with Crippen LogP contribution in [0.15, 0.2) is 36.7 Å². The lowest BCUT2D eigenvalue weighted by molar-refractivity contribution is -0.189. The summed E-state index contributed by atoms with van der Waals surface area (Å²) in [6.07, 6.45) is -1.31. The third-order valence-electron chi connectivity index (χ3n) is 5.08. The zero-order chi connectivity index (χ0) is 22.6. The van der Waals surface area contributed by atoms with Gasteiger partial charge in [-0.3, -0.25) is 14.7 Å². The van der Waals surface area contributed by atoms with Crippen molar-refractivity contribution in [3.8, 4) is 0 Å². The van der Waals surface area contributed by atoms with Crippen molar-refractivity contribution in [2.75, 3.05) is 23.9 Å². The number of benzene rings is 1. The number of aromatic nitrogens is 2. The van der Waals surface area contributed by atoms with Gasteiger partial charge in [-0.05, 0) is 29.6 Å². The average molecular weight is 456 g/mol. The van der Waals surface area contributed by atoms with E-state index >= 15 is 0 Å². The van der Waals surface area contributed by atoms with Crippen LogP contribution in [-0.2, 0) is 11.3 Å². The smallest absolute Gasteiger partial charge is 0.393 e. The maximum Gasteiger partial charge on any atom is 0.408 e. The average Bonchev–Trinajstić information content (AvgIpc) is 3.13. The zero-order valence-corrected chi connectivity index (χ0v) is 17.5. The van der Waals surface area contributed by atoms with Crippen molar-refractivity contribution in [3.63, 3.8) is 0 Å². The monoisotopic (exact) mass is 456 g/mol. The fourth-order valence-corrected chi connectivity index (χ4v) is 4.08. The molecule has 3 N–H and O–H groups in total. The number of hydrogen-bond donors (Lipinski definition) is 3. The molecule has 1 amide bonds. The second-order valence-corrected chi connectivity index (χ2v) is 8.11. The molecule has 3 rings (SSSR count). The molecule has 168 valence electrons. The summed E-state index contributed by atoms with van der Waals surface area (Å²) in [7, 11) is 0. The number of halogens is 3. The van der Waals surface area contributed by atoms with E-state index < -0.39 is 36.9 Å². The number of carbonyl (C=O) groups is 1. The SMILES string of the molecule is CSCCC(C(=O)Nc1cnc([C@H](O)CO)cn1)N1Cc2ccccc2[C@H]1C(F)(F)F. The predicted molar refractivity (Wildman–Crippen MR) is 110 cm³/mol. The first-order valence-corrected chi connectivity index (χ1v) is 11.0. The van der Waals surface area contributed by atoms with Gasteiger partial charge >= 0.3 is 6.18 Å². The van der Waals surface area contributed by atoms with Gasteiger partial charge in [0, 0.05) is 6.54 Å². The number of anilines is 1. The number of aliphatic hydroxyl groups is 2. The number of alkyl halides is 3. The highest BCUT2D eigenvalue weighted by molar-refractivity contribution is 7.98. The summed E-state index contributed by atoms with van der Waals surface area (Å²) in [4.78, 5) is 22.1. The third kappa shape index (κ3) is 5.35. The van der Waals surface area contributed by atoms with Gasteiger partial charge in [-0.25, -0.2) is 4.98 Å². The van der Waals surface area contributed by atoms with Crippen molar-refractivity contribution in [2.24, 2.45) is 0 Å². The highest BCUT2D eigenvalue weighted by Crippen LogP contribution is 2.46. The molecule has 1 unspecified atom stereocenters. The lowest BCUT2D eigenvalue weighted by Gasteiger charge is -2.33. The summed E-state index contributed by atoms with van der Waals surface area (Å²) >= 11 is 1.45. The largest absolute Gasteiger partial charge is 0.408 e. The van der Waals surface area contributed by atoms with Crippen LogP contribution < -0.4 is 5.32 Å². The Morgan fingerprint density at radius 1 is 1.32 bits per heavy atom. The molecule has 1 aromatic carbocycles. The molecule has 1 aliphatic heterocycles. The number of fused-ring (bicyclic) bond motifs is 1. The Hall–Kier alpha value is -2.21. The second kappa shape index (κ2) is 9.94. The molecule has 0 saturated heterocycles. The molecule has 0 saturated carbocycles. The summed E-state index contributed by atoms with van der Waals surface area (Å²) < 4.78 is 41.9. The maximum absolute atomic E-state index is 14.0. The molecule has 1 aromatic heterocycles. The Balaban J connectivity index is 1.85. The van der Waals surface area contributed by atoms with Crippen LogP contribution in [-0.4, -0.2) is 61.8 Å². The van der Waals surface area contributed by atoms with E-state index in [1.165, 1.54) is 35.1 Å². The highest BCUT2D eigenvalue weighted by atomic mass is 32.2. The van der Waals surface area contributed by atoms with Crippen LogP contribution in [0.5, 0.6) is 0 Å². The van der Waals surface area contributed by atoms with Crippen LogP contribution in [0.1, 0.15) is 35.4 Å². The van der Waals surface area contributed by atoms with E-state index in [1.54, 1.807) is 18.2 Å². The van der Waals surface area contributed by atoms with Crippen LogP contribution in [0.25, 0.3) is 0 Å². The number of nitrogens with one attached hydrogen (secondary N) is 1. The quantitative estimate of drug-likeness (QED) is 0.562. The van der Waals surface area contributed by atoms with E-state index in [4.69, 9.17) is 5.11 Å². The number of rotatable bonds is 8. The molecule has 3 atom stereocenters. The lowest BCUT2D eigenvalue weighted by atomic mass is 10.0. The molecule has 0 fully saturated rings. The molecular formula is C20H23F3N4O3S. The van der Waals surface area contributed by atoms with E-state index in [1.807, 2.05) is 6.26 Å². The molecule has 2 heterocycles. The molecule has 0 spiro atoms. The Bertz CT molecular complexity index is 898. The zero-order valence-electron chi connectivity index (χ0n) is 16.7. The van der Waals surface area contributed by atoms with Crippen molar-refractivity contribution in [1.29, 1.82) is 0 Å². The fourth-order valence-electron chi connectivity index (χ4n) is 3.62.